The largest absolute Gasteiger partial charge is 0.449 e. The van der Waals surface area contributed by atoms with Crippen LogP contribution in [-0.2, 0) is 4.74 Å². The predicted octanol–water partition coefficient (Wildman–Crippen LogP) is 3.58. The molecule has 2 aliphatic rings. The molecular formula is C23H27FN6O3. The Bertz CT molecular complexity index is 1040. The van der Waals surface area contributed by atoms with Crippen molar-refractivity contribution in [2.45, 2.75) is 38.1 Å². The number of ether oxygens (including phenoxy) is 1. The van der Waals surface area contributed by atoms with Gasteiger partial charge < -0.3 is 20.7 Å². The van der Waals surface area contributed by atoms with Crippen LogP contribution in [-0.4, -0.2) is 46.4 Å². The van der Waals surface area contributed by atoms with Crippen molar-refractivity contribution in [2.24, 2.45) is 17.6 Å². The number of hydrogen-bond donors (Lipinski definition) is 2. The molecule has 2 heterocycles. The number of primary amides is 1. The second-order valence-corrected chi connectivity index (χ2v) is 8.64. The van der Waals surface area contributed by atoms with Gasteiger partial charge in [-0.3, -0.25) is 9.48 Å². The maximum absolute atomic E-state index is 13.2. The Labute approximate surface area is 191 Å². The number of hydrogen-bond acceptors (Lipinski definition) is 6. The summed E-state index contributed by atoms with van der Waals surface area (Å²) in [6.45, 7) is 1.57. The van der Waals surface area contributed by atoms with Gasteiger partial charge in [-0.05, 0) is 61.8 Å². The Morgan fingerprint density at radius 2 is 1.94 bits per heavy atom. The van der Waals surface area contributed by atoms with Crippen LogP contribution in [0.4, 0.5) is 20.7 Å². The molecule has 2 aromatic rings. The summed E-state index contributed by atoms with van der Waals surface area (Å²) in [6, 6.07) is 7.59. The number of amides is 2. The number of aromatic nitrogens is 2. The summed E-state index contributed by atoms with van der Waals surface area (Å²) in [6.07, 6.45) is 5.10. The molecule has 2 fully saturated rings. The molecule has 1 aliphatic heterocycles. The summed E-state index contributed by atoms with van der Waals surface area (Å²) in [5.41, 5.74) is 6.29. The third-order valence-corrected chi connectivity index (χ3v) is 6.23. The Balaban J connectivity index is 1.45. The van der Waals surface area contributed by atoms with Crippen molar-refractivity contribution in [1.82, 2.24) is 14.7 Å². The molecule has 1 aliphatic carbocycles. The fourth-order valence-corrected chi connectivity index (χ4v) is 4.11. The molecular weight excluding hydrogens is 427 g/mol. The maximum atomic E-state index is 13.2. The smallest absolute Gasteiger partial charge is 0.409 e. The average molecular weight is 455 g/mol. The zero-order valence-corrected chi connectivity index (χ0v) is 18.2. The number of benzene rings is 1. The van der Waals surface area contributed by atoms with Crippen molar-refractivity contribution in [2.75, 3.05) is 25.0 Å². The number of nitrogens with one attached hydrogen (secondary N) is 1. The Kier molecular flexibility index (Phi) is 6.77. The van der Waals surface area contributed by atoms with E-state index in [2.05, 4.69) is 16.5 Å². The van der Waals surface area contributed by atoms with E-state index in [9.17, 15) is 19.2 Å². The van der Waals surface area contributed by atoms with E-state index < -0.39 is 5.91 Å². The third-order valence-electron chi connectivity index (χ3n) is 6.23. The molecule has 2 amide bonds. The first-order chi connectivity index (χ1) is 15.9. The van der Waals surface area contributed by atoms with Crippen molar-refractivity contribution >= 4 is 23.5 Å². The maximum Gasteiger partial charge on any atom is 0.409 e. The topological polar surface area (TPSA) is 126 Å². The number of piperidine rings is 1. The lowest BCUT2D eigenvalue weighted by Gasteiger charge is -2.35. The van der Waals surface area contributed by atoms with Crippen LogP contribution in [0.5, 0.6) is 0 Å². The molecule has 0 bridgehead atoms. The molecule has 1 atom stereocenters. The van der Waals surface area contributed by atoms with Crippen LogP contribution in [0.3, 0.4) is 0 Å². The van der Waals surface area contributed by atoms with Crippen LogP contribution in [0.2, 0.25) is 0 Å². The molecule has 1 aromatic heterocycles. The Hall–Kier alpha value is -3.61. The first-order valence-electron chi connectivity index (χ1n) is 11.1. The number of likely N-dealkylation sites (tertiary alicyclic amines) is 1. The van der Waals surface area contributed by atoms with Gasteiger partial charge in [0.1, 0.15) is 11.4 Å². The fraction of sp³-hybridized carbons (Fsp3) is 0.478. The highest BCUT2D eigenvalue weighted by atomic mass is 19.1. The standard InChI is InChI=1S/C23H27FN6O3/c24-17-3-5-18(6-4-17)27-22-19(21(26)31)13-30(28-22)20(7-10-25)16-8-11-29(12-9-16)23(32)33-14-15-1-2-15/h3-6,13,15-16,20H,1-2,7-9,11-12,14H2,(H2,26,31)(H,27,28). The third kappa shape index (κ3) is 5.61. The Morgan fingerprint density at radius 1 is 1.24 bits per heavy atom. The highest BCUT2D eigenvalue weighted by molar-refractivity contribution is 5.98. The van der Waals surface area contributed by atoms with Crippen molar-refractivity contribution in [3.05, 3.63) is 41.8 Å². The molecule has 9 nitrogen and oxygen atoms in total. The van der Waals surface area contributed by atoms with Crippen LogP contribution in [0.1, 0.15) is 48.5 Å². The zero-order valence-electron chi connectivity index (χ0n) is 18.2. The van der Waals surface area contributed by atoms with Crippen molar-refractivity contribution in [3.63, 3.8) is 0 Å². The van der Waals surface area contributed by atoms with Crippen LogP contribution < -0.4 is 11.1 Å². The molecule has 0 spiro atoms. The van der Waals surface area contributed by atoms with E-state index in [1.54, 1.807) is 15.8 Å². The van der Waals surface area contributed by atoms with E-state index in [0.29, 0.717) is 44.1 Å². The summed E-state index contributed by atoms with van der Waals surface area (Å²) in [5, 5.41) is 16.9. The molecule has 3 N–H and O–H groups in total. The minimum absolute atomic E-state index is 0.0939. The number of anilines is 2. The number of rotatable bonds is 8. The summed E-state index contributed by atoms with van der Waals surface area (Å²) in [5.74, 6) is -0.175. The highest BCUT2D eigenvalue weighted by Gasteiger charge is 2.32. The van der Waals surface area contributed by atoms with Crippen LogP contribution in [0.15, 0.2) is 30.5 Å². The van der Waals surface area contributed by atoms with Crippen molar-refractivity contribution < 1.29 is 18.7 Å². The molecule has 174 valence electrons. The van der Waals surface area contributed by atoms with Crippen molar-refractivity contribution in [3.8, 4) is 6.07 Å². The van der Waals surface area contributed by atoms with E-state index in [1.807, 2.05) is 0 Å². The summed E-state index contributed by atoms with van der Waals surface area (Å²) in [7, 11) is 0. The lowest BCUT2D eigenvalue weighted by molar-refractivity contribution is 0.0773. The van der Waals surface area contributed by atoms with Gasteiger partial charge in [0.05, 0.1) is 25.1 Å². The predicted molar refractivity (Wildman–Crippen MR) is 118 cm³/mol. The second-order valence-electron chi connectivity index (χ2n) is 8.64. The molecule has 10 heteroatoms. The number of carbonyl (C=O) groups excluding carboxylic acids is 2. The van der Waals surface area contributed by atoms with E-state index in [-0.39, 0.29) is 41.7 Å². The highest BCUT2D eigenvalue weighted by Crippen LogP contribution is 2.33. The zero-order chi connectivity index (χ0) is 23.4. The number of halogens is 1. The average Bonchev–Trinajstić information content (AvgIpc) is 3.55. The molecule has 4 rings (SSSR count). The molecule has 1 aromatic carbocycles. The molecule has 0 radical (unpaired) electrons. The van der Waals surface area contributed by atoms with Gasteiger partial charge in [0.25, 0.3) is 5.91 Å². The summed E-state index contributed by atoms with van der Waals surface area (Å²) in [4.78, 5) is 26.0. The molecule has 1 saturated carbocycles. The second kappa shape index (κ2) is 9.90. The molecule has 1 saturated heterocycles. The number of nitriles is 1. The van der Waals surface area contributed by atoms with Crippen LogP contribution >= 0.6 is 0 Å². The summed E-state index contributed by atoms with van der Waals surface area (Å²) >= 11 is 0. The van der Waals surface area contributed by atoms with Gasteiger partial charge in [0.2, 0.25) is 0 Å². The van der Waals surface area contributed by atoms with Crippen LogP contribution in [0.25, 0.3) is 0 Å². The van der Waals surface area contributed by atoms with Gasteiger partial charge in [-0.15, -0.1) is 0 Å². The minimum Gasteiger partial charge on any atom is -0.449 e. The lowest BCUT2D eigenvalue weighted by Crippen LogP contribution is -2.41. The van der Waals surface area contributed by atoms with E-state index in [4.69, 9.17) is 10.5 Å². The lowest BCUT2D eigenvalue weighted by atomic mass is 9.88. The quantitative estimate of drug-likeness (QED) is 0.628. The van der Waals surface area contributed by atoms with Gasteiger partial charge in [-0.25, -0.2) is 9.18 Å². The van der Waals surface area contributed by atoms with Gasteiger partial charge >= 0.3 is 6.09 Å². The van der Waals surface area contributed by atoms with Gasteiger partial charge in [0, 0.05) is 25.0 Å². The molecule has 1 unspecified atom stereocenters. The Morgan fingerprint density at radius 3 is 2.55 bits per heavy atom. The van der Waals surface area contributed by atoms with Gasteiger partial charge in [-0.1, -0.05) is 0 Å². The summed E-state index contributed by atoms with van der Waals surface area (Å²) < 4.78 is 20.2. The van der Waals surface area contributed by atoms with E-state index in [1.165, 1.54) is 24.3 Å². The fourth-order valence-electron chi connectivity index (χ4n) is 4.11. The van der Waals surface area contributed by atoms with Crippen LogP contribution in [0, 0.1) is 29.0 Å². The number of nitrogens with zero attached hydrogens (tertiary/aromatic N) is 4. The van der Waals surface area contributed by atoms with Gasteiger partial charge in [-0.2, -0.15) is 10.4 Å². The van der Waals surface area contributed by atoms with Gasteiger partial charge in [0.15, 0.2) is 5.82 Å². The normalized spacial score (nSPS) is 17.3. The monoisotopic (exact) mass is 454 g/mol. The van der Waals surface area contributed by atoms with Crippen molar-refractivity contribution in [1.29, 1.82) is 5.26 Å². The van der Waals surface area contributed by atoms with E-state index >= 15 is 0 Å². The minimum atomic E-state index is -0.658. The first kappa shape index (κ1) is 22.6. The SMILES string of the molecule is N#CCC(C1CCN(C(=O)OCC2CC2)CC1)n1cc(C(N)=O)c(Nc2ccc(F)cc2)n1. The number of nitrogens with two attached hydrogens (primary N) is 1. The van der Waals surface area contributed by atoms with E-state index in [0.717, 1.165) is 12.8 Å². The first-order valence-corrected chi connectivity index (χ1v) is 11.1. The number of carbonyl (C=O) groups is 2. The molecule has 33 heavy (non-hydrogen) atoms.